The van der Waals surface area contributed by atoms with Crippen molar-refractivity contribution in [1.29, 1.82) is 5.41 Å². The molecule has 1 atom stereocenters. The number of nitrogen functional groups attached to an aromatic ring is 1. The fourth-order valence-electron chi connectivity index (χ4n) is 1.74. The average Bonchev–Trinajstić information content (AvgIpc) is 2.28. The minimum absolute atomic E-state index is 0.114. The molecule has 0 aromatic heterocycles. The summed E-state index contributed by atoms with van der Waals surface area (Å²) in [5.41, 5.74) is 7.40. The Kier molecular flexibility index (Phi) is 5.00. The molecule has 3 nitrogen and oxygen atoms in total. The number of hydrogen-bond donors (Lipinski definition) is 2. The number of hydrogen-bond acceptors (Lipinski definition) is 2. The molecule has 4 heteroatoms. The number of nitrogens with one attached hydrogen (secondary N) is 1. The summed E-state index contributed by atoms with van der Waals surface area (Å²) < 4.78 is 1.01. The molecule has 0 saturated heterocycles. The van der Waals surface area contributed by atoms with Gasteiger partial charge in [0.15, 0.2) is 0 Å². The molecule has 0 heterocycles. The second kappa shape index (κ2) is 6.05. The summed E-state index contributed by atoms with van der Waals surface area (Å²) in [5.74, 6) is 0.738. The molecule has 17 heavy (non-hydrogen) atoms. The summed E-state index contributed by atoms with van der Waals surface area (Å²) in [7, 11) is 2.04. The number of halogens is 1. The van der Waals surface area contributed by atoms with Crippen molar-refractivity contribution < 1.29 is 0 Å². The van der Waals surface area contributed by atoms with Crippen LogP contribution in [-0.4, -0.2) is 19.4 Å². The fraction of sp³-hybridized carbons (Fsp3) is 0.462. The van der Waals surface area contributed by atoms with Gasteiger partial charge in [0, 0.05) is 29.3 Å². The van der Waals surface area contributed by atoms with E-state index in [9.17, 15) is 0 Å². The highest BCUT2D eigenvalue weighted by Gasteiger charge is 2.12. The topological polar surface area (TPSA) is 53.1 Å². The van der Waals surface area contributed by atoms with E-state index in [0.29, 0.717) is 5.92 Å². The minimum Gasteiger partial charge on any atom is -0.384 e. The van der Waals surface area contributed by atoms with E-state index in [2.05, 4.69) is 34.7 Å². The number of nitrogens with two attached hydrogens (primary N) is 1. The van der Waals surface area contributed by atoms with Gasteiger partial charge in [-0.3, -0.25) is 5.41 Å². The van der Waals surface area contributed by atoms with Crippen molar-refractivity contribution >= 4 is 27.5 Å². The predicted octanol–water partition coefficient (Wildman–Crippen LogP) is 3.22. The summed E-state index contributed by atoms with van der Waals surface area (Å²) in [6, 6.07) is 5.81. The van der Waals surface area contributed by atoms with Crippen LogP contribution in [0.4, 0.5) is 5.69 Å². The molecule has 0 aliphatic carbocycles. The van der Waals surface area contributed by atoms with Crippen molar-refractivity contribution in [2.45, 2.75) is 20.3 Å². The Morgan fingerprint density at radius 3 is 2.71 bits per heavy atom. The molecule has 0 saturated carbocycles. The van der Waals surface area contributed by atoms with Crippen LogP contribution in [0.15, 0.2) is 22.7 Å². The smallest absolute Gasteiger partial charge is 0.124 e. The van der Waals surface area contributed by atoms with Crippen LogP contribution in [-0.2, 0) is 0 Å². The molecule has 94 valence electrons. The molecule has 0 amide bonds. The zero-order chi connectivity index (χ0) is 13.0. The fourth-order valence-corrected chi connectivity index (χ4v) is 2.09. The van der Waals surface area contributed by atoms with Gasteiger partial charge in [-0.05, 0) is 24.1 Å². The summed E-state index contributed by atoms with van der Waals surface area (Å²) >= 11 is 3.46. The number of benzene rings is 1. The first-order valence-electron chi connectivity index (χ1n) is 5.80. The number of amidine groups is 1. The van der Waals surface area contributed by atoms with Crippen molar-refractivity contribution in [3.63, 3.8) is 0 Å². The second-order valence-corrected chi connectivity index (χ2v) is 5.38. The van der Waals surface area contributed by atoms with Crippen LogP contribution in [0, 0.1) is 11.3 Å². The lowest BCUT2D eigenvalue weighted by Gasteiger charge is -2.25. The molecule has 0 fully saturated rings. The van der Waals surface area contributed by atoms with Gasteiger partial charge in [-0.25, -0.2) is 0 Å². The van der Waals surface area contributed by atoms with Gasteiger partial charge in [-0.2, -0.15) is 0 Å². The van der Waals surface area contributed by atoms with E-state index in [1.54, 1.807) is 0 Å². The van der Waals surface area contributed by atoms with Crippen LogP contribution in [0.2, 0.25) is 0 Å². The number of rotatable bonds is 5. The quantitative estimate of drug-likeness (QED) is 0.648. The van der Waals surface area contributed by atoms with Crippen molar-refractivity contribution in [3.05, 3.63) is 28.2 Å². The largest absolute Gasteiger partial charge is 0.384 e. The molecular formula is C13H20BrN3. The van der Waals surface area contributed by atoms with Crippen LogP contribution < -0.4 is 10.6 Å². The Bertz CT molecular complexity index is 404. The Balaban J connectivity index is 3.02. The van der Waals surface area contributed by atoms with Gasteiger partial charge in [-0.1, -0.05) is 36.2 Å². The lowest BCUT2D eigenvalue weighted by atomic mass is 10.1. The van der Waals surface area contributed by atoms with E-state index in [4.69, 9.17) is 11.1 Å². The molecule has 1 unspecified atom stereocenters. The van der Waals surface area contributed by atoms with E-state index in [0.717, 1.165) is 28.7 Å². The van der Waals surface area contributed by atoms with E-state index < -0.39 is 0 Å². The molecule has 0 aliphatic heterocycles. The summed E-state index contributed by atoms with van der Waals surface area (Å²) in [4.78, 5) is 2.16. The maximum absolute atomic E-state index is 7.60. The summed E-state index contributed by atoms with van der Waals surface area (Å²) in [6.07, 6.45) is 1.15. The van der Waals surface area contributed by atoms with Gasteiger partial charge in [0.1, 0.15) is 5.84 Å². The first kappa shape index (κ1) is 14.0. The minimum atomic E-state index is 0.114. The third-order valence-corrected chi connectivity index (χ3v) is 3.44. The maximum atomic E-state index is 7.60. The van der Waals surface area contributed by atoms with E-state index in [-0.39, 0.29) is 5.84 Å². The lowest BCUT2D eigenvalue weighted by molar-refractivity contribution is 0.560. The molecule has 0 bridgehead atoms. The van der Waals surface area contributed by atoms with E-state index >= 15 is 0 Å². The standard InChI is InChI=1S/C13H20BrN3/c1-4-9(2)8-17(3)12-7-10(14)5-6-11(12)13(15)16/h5-7,9H,4,8H2,1-3H3,(H3,15,16). The van der Waals surface area contributed by atoms with Crippen molar-refractivity contribution in [1.82, 2.24) is 0 Å². The van der Waals surface area contributed by atoms with Gasteiger partial charge in [0.05, 0.1) is 0 Å². The number of nitrogens with zero attached hydrogens (tertiary/aromatic N) is 1. The van der Waals surface area contributed by atoms with Crippen LogP contribution in [0.5, 0.6) is 0 Å². The molecule has 1 aromatic carbocycles. The van der Waals surface area contributed by atoms with Crippen LogP contribution in [0.1, 0.15) is 25.8 Å². The lowest BCUT2D eigenvalue weighted by Crippen LogP contribution is -2.26. The number of anilines is 1. The molecule has 3 N–H and O–H groups in total. The first-order chi connectivity index (χ1) is 7.95. The van der Waals surface area contributed by atoms with E-state index in [1.165, 1.54) is 0 Å². The highest BCUT2D eigenvalue weighted by atomic mass is 79.9. The molecule has 1 rings (SSSR count). The normalized spacial score (nSPS) is 12.2. The zero-order valence-electron chi connectivity index (χ0n) is 10.6. The Morgan fingerprint density at radius 1 is 1.53 bits per heavy atom. The van der Waals surface area contributed by atoms with Gasteiger partial charge in [0.2, 0.25) is 0 Å². The SMILES string of the molecule is CCC(C)CN(C)c1cc(Br)ccc1C(=N)N. The van der Waals surface area contributed by atoms with Gasteiger partial charge < -0.3 is 10.6 Å². The summed E-state index contributed by atoms with van der Waals surface area (Å²) in [6.45, 7) is 5.38. The third-order valence-electron chi connectivity index (χ3n) is 2.94. The van der Waals surface area contributed by atoms with Crippen LogP contribution in [0.3, 0.4) is 0 Å². The third kappa shape index (κ3) is 3.73. The monoisotopic (exact) mass is 297 g/mol. The highest BCUT2D eigenvalue weighted by Crippen LogP contribution is 2.25. The van der Waals surface area contributed by atoms with Gasteiger partial charge in [0.25, 0.3) is 0 Å². The first-order valence-corrected chi connectivity index (χ1v) is 6.60. The molecule has 0 spiro atoms. The zero-order valence-corrected chi connectivity index (χ0v) is 12.2. The Hall–Kier alpha value is -1.03. The second-order valence-electron chi connectivity index (χ2n) is 4.47. The predicted molar refractivity (Wildman–Crippen MR) is 77.9 cm³/mol. The van der Waals surface area contributed by atoms with Crippen LogP contribution >= 0.6 is 15.9 Å². The van der Waals surface area contributed by atoms with Crippen molar-refractivity contribution in [3.8, 4) is 0 Å². The maximum Gasteiger partial charge on any atom is 0.124 e. The summed E-state index contributed by atoms with van der Waals surface area (Å²) in [5, 5.41) is 7.60. The average molecular weight is 298 g/mol. The molecular weight excluding hydrogens is 278 g/mol. The Labute approximate surface area is 112 Å². The van der Waals surface area contributed by atoms with Gasteiger partial charge in [-0.15, -0.1) is 0 Å². The van der Waals surface area contributed by atoms with Crippen molar-refractivity contribution in [2.24, 2.45) is 11.7 Å². The molecule has 1 aromatic rings. The van der Waals surface area contributed by atoms with Crippen LogP contribution in [0.25, 0.3) is 0 Å². The molecule has 0 radical (unpaired) electrons. The van der Waals surface area contributed by atoms with Crippen molar-refractivity contribution in [2.75, 3.05) is 18.5 Å². The highest BCUT2D eigenvalue weighted by molar-refractivity contribution is 9.10. The Morgan fingerprint density at radius 2 is 2.18 bits per heavy atom. The van der Waals surface area contributed by atoms with E-state index in [1.807, 2.05) is 25.2 Å². The van der Waals surface area contributed by atoms with Gasteiger partial charge >= 0.3 is 0 Å². The molecule has 0 aliphatic rings.